The van der Waals surface area contributed by atoms with E-state index in [4.69, 9.17) is 10.5 Å². The molecule has 5 nitrogen and oxygen atoms in total. The predicted octanol–water partition coefficient (Wildman–Crippen LogP) is 0.342. The number of rotatable bonds is 5. The number of nitrogens with zero attached hydrogens (tertiary/aromatic N) is 1. The largest absolute Gasteiger partial charge is 0.379 e. The zero-order valence-corrected chi connectivity index (χ0v) is 12.2. The Balaban J connectivity index is 1.84. The Bertz CT molecular complexity index is 315. The summed E-state index contributed by atoms with van der Waals surface area (Å²) in [5, 5.41) is 3.11. The van der Waals surface area contributed by atoms with Crippen LogP contribution in [0.4, 0.5) is 0 Å². The third-order valence-corrected chi connectivity index (χ3v) is 4.73. The molecule has 0 aromatic carbocycles. The van der Waals surface area contributed by atoms with E-state index in [0.717, 1.165) is 45.6 Å². The van der Waals surface area contributed by atoms with Gasteiger partial charge in [-0.25, -0.2) is 0 Å². The van der Waals surface area contributed by atoms with Crippen LogP contribution in [0.5, 0.6) is 0 Å². The van der Waals surface area contributed by atoms with Crippen LogP contribution in [0.2, 0.25) is 0 Å². The number of carbonyl (C=O) groups is 1. The highest BCUT2D eigenvalue weighted by atomic mass is 16.5. The van der Waals surface area contributed by atoms with Gasteiger partial charge in [0.2, 0.25) is 5.91 Å². The molecule has 5 heteroatoms. The van der Waals surface area contributed by atoms with Gasteiger partial charge in [-0.15, -0.1) is 0 Å². The average molecular weight is 269 g/mol. The third kappa shape index (κ3) is 3.09. The Morgan fingerprint density at radius 3 is 2.47 bits per heavy atom. The number of morpholine rings is 1. The first-order valence-electron chi connectivity index (χ1n) is 7.31. The molecule has 0 atom stereocenters. The van der Waals surface area contributed by atoms with Gasteiger partial charge in [0.25, 0.3) is 0 Å². The molecule has 2 fully saturated rings. The normalized spacial score (nSPS) is 23.7. The average Bonchev–Trinajstić information content (AvgIpc) is 2.37. The van der Waals surface area contributed by atoms with Crippen molar-refractivity contribution in [3.63, 3.8) is 0 Å². The molecule has 2 aliphatic rings. The Morgan fingerprint density at radius 1 is 1.37 bits per heavy atom. The number of carbonyl (C=O) groups excluding carboxylic acids is 1. The van der Waals surface area contributed by atoms with Crippen LogP contribution in [0.25, 0.3) is 0 Å². The Hall–Kier alpha value is -0.650. The van der Waals surface area contributed by atoms with E-state index in [0.29, 0.717) is 13.1 Å². The summed E-state index contributed by atoms with van der Waals surface area (Å²) in [6, 6.07) is 0. The summed E-state index contributed by atoms with van der Waals surface area (Å²) in [6.07, 6.45) is 3.00. The van der Waals surface area contributed by atoms with E-state index in [1.165, 1.54) is 0 Å². The van der Waals surface area contributed by atoms with Gasteiger partial charge in [0.1, 0.15) is 0 Å². The molecule has 0 spiro atoms. The number of nitrogens with one attached hydrogen (secondary N) is 1. The van der Waals surface area contributed by atoms with Gasteiger partial charge >= 0.3 is 0 Å². The summed E-state index contributed by atoms with van der Waals surface area (Å²) >= 11 is 0. The molecule has 1 aliphatic carbocycles. The third-order valence-electron chi connectivity index (χ3n) is 4.73. The SMILES string of the molecule is CC(C)(CNC(=O)C1(CN)CCC1)N1CCOCC1. The lowest BCUT2D eigenvalue weighted by Crippen LogP contribution is -2.58. The zero-order chi connectivity index (χ0) is 13.9. The van der Waals surface area contributed by atoms with Crippen molar-refractivity contribution in [3.05, 3.63) is 0 Å². The van der Waals surface area contributed by atoms with Crippen molar-refractivity contribution in [1.29, 1.82) is 0 Å². The van der Waals surface area contributed by atoms with E-state index >= 15 is 0 Å². The van der Waals surface area contributed by atoms with Crippen LogP contribution in [0.15, 0.2) is 0 Å². The second-order valence-corrected chi connectivity index (χ2v) is 6.43. The molecular formula is C14H27N3O2. The first-order chi connectivity index (χ1) is 9.00. The van der Waals surface area contributed by atoms with Crippen molar-refractivity contribution in [1.82, 2.24) is 10.2 Å². The quantitative estimate of drug-likeness (QED) is 0.755. The van der Waals surface area contributed by atoms with Crippen LogP contribution in [0, 0.1) is 5.41 Å². The minimum absolute atomic E-state index is 0.0288. The van der Waals surface area contributed by atoms with Crippen molar-refractivity contribution < 1.29 is 9.53 Å². The van der Waals surface area contributed by atoms with E-state index in [9.17, 15) is 4.79 Å². The highest BCUT2D eigenvalue weighted by Gasteiger charge is 2.43. The first kappa shape index (κ1) is 14.8. The lowest BCUT2D eigenvalue weighted by molar-refractivity contribution is -0.136. The maximum atomic E-state index is 12.3. The smallest absolute Gasteiger partial charge is 0.227 e. The standard InChI is InChI=1S/C14H27N3O2/c1-13(2,17-6-8-19-9-7-17)11-16-12(18)14(10-15)4-3-5-14/h3-11,15H2,1-2H3,(H,16,18). The van der Waals surface area contributed by atoms with Crippen molar-refractivity contribution >= 4 is 5.91 Å². The van der Waals surface area contributed by atoms with E-state index in [1.807, 2.05) is 0 Å². The summed E-state index contributed by atoms with van der Waals surface area (Å²) in [7, 11) is 0. The lowest BCUT2D eigenvalue weighted by Gasteiger charge is -2.43. The molecule has 0 aromatic heterocycles. The van der Waals surface area contributed by atoms with Crippen molar-refractivity contribution in [2.45, 2.75) is 38.6 Å². The molecule has 1 amide bonds. The Kier molecular flexibility index (Phi) is 4.48. The van der Waals surface area contributed by atoms with Gasteiger partial charge in [-0.05, 0) is 26.7 Å². The topological polar surface area (TPSA) is 67.6 Å². The van der Waals surface area contributed by atoms with Gasteiger partial charge < -0.3 is 15.8 Å². The molecule has 3 N–H and O–H groups in total. The summed E-state index contributed by atoms with van der Waals surface area (Å²) in [4.78, 5) is 14.7. The molecule has 110 valence electrons. The van der Waals surface area contributed by atoms with Crippen LogP contribution in [-0.4, -0.2) is 55.7 Å². The summed E-state index contributed by atoms with van der Waals surface area (Å²) < 4.78 is 5.37. The Labute approximate surface area is 115 Å². The van der Waals surface area contributed by atoms with E-state index in [1.54, 1.807) is 0 Å². The predicted molar refractivity (Wildman–Crippen MR) is 74.8 cm³/mol. The van der Waals surface area contributed by atoms with Gasteiger partial charge in [-0.2, -0.15) is 0 Å². The Morgan fingerprint density at radius 2 is 2.00 bits per heavy atom. The number of hydrogen-bond acceptors (Lipinski definition) is 4. The van der Waals surface area contributed by atoms with Gasteiger partial charge in [-0.3, -0.25) is 9.69 Å². The van der Waals surface area contributed by atoms with Gasteiger partial charge in [0.15, 0.2) is 0 Å². The first-order valence-corrected chi connectivity index (χ1v) is 7.31. The van der Waals surface area contributed by atoms with Crippen LogP contribution in [-0.2, 0) is 9.53 Å². The van der Waals surface area contributed by atoms with Crippen molar-refractivity contribution in [3.8, 4) is 0 Å². The van der Waals surface area contributed by atoms with Crippen LogP contribution in [0.1, 0.15) is 33.1 Å². The van der Waals surface area contributed by atoms with Crippen LogP contribution in [0.3, 0.4) is 0 Å². The second-order valence-electron chi connectivity index (χ2n) is 6.43. The summed E-state index contributed by atoms with van der Waals surface area (Å²) in [6.45, 7) is 8.93. The summed E-state index contributed by atoms with van der Waals surface area (Å²) in [5.41, 5.74) is 5.46. The number of nitrogens with two attached hydrogens (primary N) is 1. The molecule has 0 unspecified atom stereocenters. The fourth-order valence-electron chi connectivity index (χ4n) is 2.89. The fraction of sp³-hybridized carbons (Fsp3) is 0.929. The molecule has 1 saturated heterocycles. The van der Waals surface area contributed by atoms with Crippen LogP contribution < -0.4 is 11.1 Å². The van der Waals surface area contributed by atoms with Crippen molar-refractivity contribution in [2.75, 3.05) is 39.4 Å². The van der Waals surface area contributed by atoms with E-state index in [-0.39, 0.29) is 16.9 Å². The van der Waals surface area contributed by atoms with Gasteiger partial charge in [0, 0.05) is 31.7 Å². The lowest BCUT2D eigenvalue weighted by atomic mass is 9.68. The van der Waals surface area contributed by atoms with E-state index < -0.39 is 0 Å². The molecular weight excluding hydrogens is 242 g/mol. The highest BCUT2D eigenvalue weighted by molar-refractivity contribution is 5.83. The molecule has 1 aliphatic heterocycles. The van der Waals surface area contributed by atoms with Gasteiger partial charge in [-0.1, -0.05) is 6.42 Å². The minimum atomic E-state index is -0.277. The molecule has 0 aromatic rings. The number of hydrogen-bond donors (Lipinski definition) is 2. The van der Waals surface area contributed by atoms with E-state index in [2.05, 4.69) is 24.1 Å². The molecule has 1 heterocycles. The monoisotopic (exact) mass is 269 g/mol. The van der Waals surface area contributed by atoms with Gasteiger partial charge in [0.05, 0.1) is 18.6 Å². The fourth-order valence-corrected chi connectivity index (χ4v) is 2.89. The minimum Gasteiger partial charge on any atom is -0.379 e. The zero-order valence-electron chi connectivity index (χ0n) is 12.2. The highest BCUT2D eigenvalue weighted by Crippen LogP contribution is 2.40. The molecule has 19 heavy (non-hydrogen) atoms. The molecule has 1 saturated carbocycles. The van der Waals surface area contributed by atoms with Crippen LogP contribution >= 0.6 is 0 Å². The molecule has 0 radical (unpaired) electrons. The number of ether oxygens (including phenoxy) is 1. The molecule has 0 bridgehead atoms. The summed E-state index contributed by atoms with van der Waals surface area (Å²) in [5.74, 6) is 0.141. The maximum absolute atomic E-state index is 12.3. The maximum Gasteiger partial charge on any atom is 0.227 e. The second kappa shape index (κ2) is 5.77. The number of amides is 1. The van der Waals surface area contributed by atoms with Crippen molar-refractivity contribution in [2.24, 2.45) is 11.1 Å². The molecule has 2 rings (SSSR count).